The second kappa shape index (κ2) is 6.20. The molecule has 66 valence electrons. The molecule has 2 heteroatoms. The van der Waals surface area contributed by atoms with Crippen molar-refractivity contribution >= 4 is 24.2 Å². The van der Waals surface area contributed by atoms with Crippen molar-refractivity contribution in [3.05, 3.63) is 30.3 Å². The molecule has 0 spiro atoms. The zero-order valence-corrected chi connectivity index (χ0v) is 10.8. The summed E-state index contributed by atoms with van der Waals surface area (Å²) in [6, 6.07) is 15.6. The SMILES string of the molecule is CC[SiH2]CC[SiH2]c1ccccc1. The van der Waals surface area contributed by atoms with E-state index in [-0.39, 0.29) is 9.52 Å². The van der Waals surface area contributed by atoms with E-state index < -0.39 is 0 Å². The molecule has 0 radical (unpaired) electrons. The zero-order valence-electron chi connectivity index (χ0n) is 7.92. The van der Waals surface area contributed by atoms with Gasteiger partial charge in [0.05, 0.1) is 9.52 Å². The Balaban J connectivity index is 2.16. The Hall–Kier alpha value is -0.346. The third-order valence-corrected chi connectivity index (χ3v) is 6.77. The van der Waals surface area contributed by atoms with Crippen LogP contribution in [0.4, 0.5) is 0 Å². The summed E-state index contributed by atoms with van der Waals surface area (Å²) < 4.78 is 0. The minimum absolute atomic E-state index is 0.103. The average molecular weight is 194 g/mol. The van der Waals surface area contributed by atoms with Gasteiger partial charge in [-0.2, -0.15) is 0 Å². The van der Waals surface area contributed by atoms with Crippen LogP contribution < -0.4 is 5.19 Å². The van der Waals surface area contributed by atoms with Crippen LogP contribution in [0.3, 0.4) is 0 Å². The lowest BCUT2D eigenvalue weighted by atomic mass is 10.4. The quantitative estimate of drug-likeness (QED) is 0.483. The normalized spacial score (nSPS) is 12.1. The van der Waals surface area contributed by atoms with E-state index in [0.29, 0.717) is 9.52 Å². The van der Waals surface area contributed by atoms with Crippen molar-refractivity contribution in [2.45, 2.75) is 25.1 Å². The number of hydrogen-bond acceptors (Lipinski definition) is 0. The molecule has 0 saturated heterocycles. The topological polar surface area (TPSA) is 0 Å². The largest absolute Gasteiger partial charge is 0.0683 e. The highest BCUT2D eigenvalue weighted by molar-refractivity contribution is 6.55. The summed E-state index contributed by atoms with van der Waals surface area (Å²) in [5.41, 5.74) is 0. The van der Waals surface area contributed by atoms with Gasteiger partial charge in [0.1, 0.15) is 0 Å². The summed E-state index contributed by atoms with van der Waals surface area (Å²) in [6.07, 6.45) is 0. The van der Waals surface area contributed by atoms with Crippen LogP contribution in [-0.4, -0.2) is 19.0 Å². The molecule has 1 rings (SSSR count). The van der Waals surface area contributed by atoms with Crippen molar-refractivity contribution in [2.24, 2.45) is 0 Å². The molecule has 0 atom stereocenters. The lowest BCUT2D eigenvalue weighted by molar-refractivity contribution is 1.35. The molecule has 1 aromatic rings. The predicted octanol–water partition coefficient (Wildman–Crippen LogP) is 0.924. The molecule has 0 amide bonds. The number of benzene rings is 1. The highest BCUT2D eigenvalue weighted by atomic mass is 28.2. The summed E-state index contributed by atoms with van der Waals surface area (Å²) in [5, 5.41) is 1.64. The lowest BCUT2D eigenvalue weighted by Crippen LogP contribution is -2.12. The van der Waals surface area contributed by atoms with E-state index in [1.54, 1.807) is 17.3 Å². The Morgan fingerprint density at radius 2 is 1.83 bits per heavy atom. The molecule has 0 saturated carbocycles. The maximum absolute atomic E-state index is 2.33. The molecule has 0 aliphatic heterocycles. The van der Waals surface area contributed by atoms with Crippen LogP contribution in [0.1, 0.15) is 6.92 Å². The summed E-state index contributed by atoms with van der Waals surface area (Å²) in [6.45, 7) is 2.33. The van der Waals surface area contributed by atoms with Crippen molar-refractivity contribution in [2.75, 3.05) is 0 Å². The zero-order chi connectivity index (χ0) is 8.65. The van der Waals surface area contributed by atoms with Gasteiger partial charge in [-0.05, 0) is 0 Å². The van der Waals surface area contributed by atoms with E-state index in [0.717, 1.165) is 0 Å². The van der Waals surface area contributed by atoms with Gasteiger partial charge in [-0.1, -0.05) is 60.6 Å². The van der Waals surface area contributed by atoms with Crippen molar-refractivity contribution < 1.29 is 0 Å². The van der Waals surface area contributed by atoms with Gasteiger partial charge in [-0.25, -0.2) is 0 Å². The van der Waals surface area contributed by atoms with E-state index in [4.69, 9.17) is 0 Å². The summed E-state index contributed by atoms with van der Waals surface area (Å²) >= 11 is 0. The molecule has 0 bridgehead atoms. The van der Waals surface area contributed by atoms with Crippen molar-refractivity contribution in [1.29, 1.82) is 0 Å². The Bertz CT molecular complexity index is 196. The fourth-order valence-electron chi connectivity index (χ4n) is 1.40. The first-order valence-electron chi connectivity index (χ1n) is 4.97. The molecule has 0 aliphatic rings. The maximum Gasteiger partial charge on any atom is 0.0544 e. The first-order chi connectivity index (χ1) is 5.93. The van der Waals surface area contributed by atoms with Gasteiger partial charge in [0.15, 0.2) is 0 Å². The number of hydrogen-bond donors (Lipinski definition) is 0. The van der Waals surface area contributed by atoms with Crippen LogP contribution in [0.5, 0.6) is 0 Å². The lowest BCUT2D eigenvalue weighted by Gasteiger charge is -1.98. The van der Waals surface area contributed by atoms with Crippen molar-refractivity contribution in [3.8, 4) is 0 Å². The summed E-state index contributed by atoms with van der Waals surface area (Å²) in [4.78, 5) is 0. The van der Waals surface area contributed by atoms with Gasteiger partial charge in [0.25, 0.3) is 0 Å². The molecular formula is C10H18Si2. The Labute approximate surface area is 80.0 Å². The van der Waals surface area contributed by atoms with Crippen LogP contribution in [-0.2, 0) is 0 Å². The standard InChI is InChI=1S/C10H18Si2/c1-2-11-8-9-12-10-6-4-3-5-7-10/h3-7H,2,8-9,11-12H2,1H3. The van der Waals surface area contributed by atoms with Crippen LogP contribution >= 0.6 is 0 Å². The molecule has 0 N–H and O–H groups in total. The maximum atomic E-state index is 2.33. The summed E-state index contributed by atoms with van der Waals surface area (Å²) in [5.74, 6) is 0. The minimum atomic E-state index is 0.103. The van der Waals surface area contributed by atoms with E-state index in [1.165, 1.54) is 6.04 Å². The highest BCUT2D eigenvalue weighted by Crippen LogP contribution is 1.92. The first kappa shape index (κ1) is 9.74. The van der Waals surface area contributed by atoms with Gasteiger partial charge in [-0.3, -0.25) is 0 Å². The molecule has 12 heavy (non-hydrogen) atoms. The van der Waals surface area contributed by atoms with Gasteiger partial charge >= 0.3 is 0 Å². The summed E-state index contributed by atoms with van der Waals surface area (Å²) in [7, 11) is 0.444. The average Bonchev–Trinajstić information content (AvgIpc) is 2.14. The van der Waals surface area contributed by atoms with Crippen LogP contribution in [0.15, 0.2) is 30.3 Å². The molecule has 0 heterocycles. The predicted molar refractivity (Wildman–Crippen MR) is 63.3 cm³/mol. The van der Waals surface area contributed by atoms with Crippen molar-refractivity contribution in [3.63, 3.8) is 0 Å². The molecule has 0 aromatic heterocycles. The van der Waals surface area contributed by atoms with Crippen LogP contribution in [0, 0.1) is 0 Å². The van der Waals surface area contributed by atoms with E-state index in [2.05, 4.69) is 37.3 Å². The molecule has 0 aliphatic carbocycles. The third-order valence-electron chi connectivity index (χ3n) is 2.16. The second-order valence-electron chi connectivity index (χ2n) is 3.30. The van der Waals surface area contributed by atoms with Crippen LogP contribution in [0.25, 0.3) is 0 Å². The molecule has 1 aromatic carbocycles. The molecule has 0 nitrogen and oxygen atoms in total. The van der Waals surface area contributed by atoms with Gasteiger partial charge in [0, 0.05) is 9.52 Å². The molecule has 0 unspecified atom stereocenters. The highest BCUT2D eigenvalue weighted by Gasteiger charge is 1.92. The van der Waals surface area contributed by atoms with Gasteiger partial charge in [-0.15, -0.1) is 0 Å². The fraction of sp³-hybridized carbons (Fsp3) is 0.400. The molecular weight excluding hydrogens is 176 g/mol. The third kappa shape index (κ3) is 3.88. The van der Waals surface area contributed by atoms with E-state index in [9.17, 15) is 0 Å². The number of rotatable bonds is 5. The van der Waals surface area contributed by atoms with Crippen LogP contribution in [0.2, 0.25) is 18.1 Å². The smallest absolute Gasteiger partial charge is 0.0544 e. The minimum Gasteiger partial charge on any atom is -0.0683 e. The van der Waals surface area contributed by atoms with Gasteiger partial charge < -0.3 is 0 Å². The van der Waals surface area contributed by atoms with E-state index >= 15 is 0 Å². The monoisotopic (exact) mass is 194 g/mol. The fourth-order valence-corrected chi connectivity index (χ4v) is 5.33. The first-order valence-corrected chi connectivity index (χ1v) is 8.68. The Morgan fingerprint density at radius 3 is 2.50 bits per heavy atom. The van der Waals surface area contributed by atoms with E-state index in [1.807, 2.05) is 0 Å². The Kier molecular flexibility index (Phi) is 5.03. The molecule has 0 fully saturated rings. The van der Waals surface area contributed by atoms with Gasteiger partial charge in [0.2, 0.25) is 0 Å². The second-order valence-corrected chi connectivity index (χ2v) is 7.73. The Morgan fingerprint density at radius 1 is 1.08 bits per heavy atom. The van der Waals surface area contributed by atoms with Crippen molar-refractivity contribution in [1.82, 2.24) is 0 Å².